The molecule has 0 aromatic carbocycles. The Balaban J connectivity index is 1.26. The van der Waals surface area contributed by atoms with Crippen molar-refractivity contribution in [1.29, 1.82) is 0 Å². The van der Waals surface area contributed by atoms with Crippen molar-refractivity contribution >= 4 is 17.7 Å². The molecule has 2 atom stereocenters. The van der Waals surface area contributed by atoms with Crippen LogP contribution in [0.15, 0.2) is 36.7 Å². The smallest absolute Gasteiger partial charge is 0.315 e. The first-order valence-corrected chi connectivity index (χ1v) is 11.2. The van der Waals surface area contributed by atoms with E-state index in [9.17, 15) is 4.79 Å². The first-order valence-electron chi connectivity index (χ1n) is 11.2. The molecule has 0 radical (unpaired) electrons. The fourth-order valence-electron chi connectivity index (χ4n) is 3.97. The molecule has 9 heteroatoms. The average Bonchev–Trinajstić information content (AvgIpc) is 2.82. The number of carbonyl (C=O) groups excluding carboxylic acids is 1. The summed E-state index contributed by atoms with van der Waals surface area (Å²) in [5.41, 5.74) is 2.02. The summed E-state index contributed by atoms with van der Waals surface area (Å²) in [6, 6.07) is 7.69. The van der Waals surface area contributed by atoms with Crippen molar-refractivity contribution in [3.05, 3.63) is 47.8 Å². The molecule has 2 N–H and O–H groups in total. The van der Waals surface area contributed by atoms with Crippen LogP contribution in [-0.2, 0) is 22.6 Å². The van der Waals surface area contributed by atoms with Crippen molar-refractivity contribution < 1.29 is 14.3 Å². The zero-order chi connectivity index (χ0) is 22.3. The van der Waals surface area contributed by atoms with Crippen molar-refractivity contribution in [3.63, 3.8) is 0 Å². The van der Waals surface area contributed by atoms with E-state index in [4.69, 9.17) is 9.47 Å². The van der Waals surface area contributed by atoms with Crippen LogP contribution < -0.4 is 20.4 Å². The molecule has 2 aliphatic rings. The average molecular weight is 441 g/mol. The molecule has 32 heavy (non-hydrogen) atoms. The van der Waals surface area contributed by atoms with E-state index in [0.717, 1.165) is 48.9 Å². The lowest BCUT2D eigenvalue weighted by Crippen LogP contribution is -2.41. The van der Waals surface area contributed by atoms with Gasteiger partial charge in [0.25, 0.3) is 0 Å². The molecular weight excluding hydrogens is 408 g/mol. The third kappa shape index (κ3) is 6.08. The Morgan fingerprint density at radius 1 is 0.906 bits per heavy atom. The Kier molecular flexibility index (Phi) is 7.39. The number of hydrogen-bond acceptors (Lipinski definition) is 7. The quantitative estimate of drug-likeness (QED) is 0.709. The second kappa shape index (κ2) is 10.6. The van der Waals surface area contributed by atoms with Gasteiger partial charge in [-0.1, -0.05) is 0 Å². The van der Waals surface area contributed by atoms with Gasteiger partial charge in [0.05, 0.1) is 25.4 Å². The van der Waals surface area contributed by atoms with E-state index in [1.807, 2.05) is 24.3 Å². The Morgan fingerprint density at radius 3 is 1.81 bits per heavy atom. The zero-order valence-electron chi connectivity index (χ0n) is 18.8. The molecule has 2 saturated heterocycles. The molecule has 0 saturated carbocycles. The summed E-state index contributed by atoms with van der Waals surface area (Å²) in [4.78, 5) is 25.7. The first kappa shape index (κ1) is 22.3. The number of hydrogen-bond donors (Lipinski definition) is 2. The normalized spacial score (nSPS) is 21.3. The van der Waals surface area contributed by atoms with E-state index < -0.39 is 0 Å². The topological polar surface area (TPSA) is 91.9 Å². The van der Waals surface area contributed by atoms with E-state index in [0.29, 0.717) is 26.3 Å². The van der Waals surface area contributed by atoms with Crippen LogP contribution in [0.3, 0.4) is 0 Å². The van der Waals surface area contributed by atoms with E-state index in [1.54, 1.807) is 12.4 Å². The van der Waals surface area contributed by atoms with Gasteiger partial charge in [-0.05, 0) is 49.2 Å². The first-order chi connectivity index (χ1) is 15.6. The summed E-state index contributed by atoms with van der Waals surface area (Å²) in [6.45, 7) is 9.71. The Hall–Kier alpha value is -2.91. The number of anilines is 2. The van der Waals surface area contributed by atoms with Gasteiger partial charge in [0, 0.05) is 51.7 Å². The molecular formula is C23H32N6O3. The van der Waals surface area contributed by atoms with Crippen LogP contribution in [0, 0.1) is 0 Å². The maximum absolute atomic E-state index is 12.3. The standard InChI is InChI=1S/C23H32N6O3/c1-17-15-28(7-9-31-17)21-11-19(3-5-24-21)13-26-23(30)27-14-20-4-6-25-22(12-20)29-8-10-32-18(2)16-29/h3-6,11-12,17-18H,7-10,13-16H2,1-2H3,(H2,26,27,30). The lowest BCUT2D eigenvalue weighted by Gasteiger charge is -2.32. The molecule has 2 aromatic rings. The third-order valence-electron chi connectivity index (χ3n) is 5.66. The number of nitrogens with one attached hydrogen (secondary N) is 2. The van der Waals surface area contributed by atoms with Crippen molar-refractivity contribution in [1.82, 2.24) is 20.6 Å². The summed E-state index contributed by atoms with van der Waals surface area (Å²) in [7, 11) is 0. The largest absolute Gasteiger partial charge is 0.375 e. The summed E-state index contributed by atoms with van der Waals surface area (Å²) in [5.74, 6) is 1.84. The molecule has 0 aliphatic carbocycles. The highest BCUT2D eigenvalue weighted by atomic mass is 16.5. The predicted octanol–water partition coefficient (Wildman–Crippen LogP) is 1.93. The van der Waals surface area contributed by atoms with Crippen LogP contribution in [0.2, 0.25) is 0 Å². The minimum Gasteiger partial charge on any atom is -0.375 e. The van der Waals surface area contributed by atoms with Crippen molar-refractivity contribution in [3.8, 4) is 0 Å². The summed E-state index contributed by atoms with van der Waals surface area (Å²) < 4.78 is 11.2. The number of pyridine rings is 2. The predicted molar refractivity (Wildman–Crippen MR) is 123 cm³/mol. The third-order valence-corrected chi connectivity index (χ3v) is 5.66. The molecule has 4 heterocycles. The van der Waals surface area contributed by atoms with Gasteiger partial charge in [0.2, 0.25) is 0 Å². The maximum atomic E-state index is 12.3. The Bertz CT molecular complexity index is 839. The number of urea groups is 1. The number of carbonyl (C=O) groups is 1. The number of rotatable bonds is 6. The van der Waals surface area contributed by atoms with E-state index in [-0.39, 0.29) is 18.2 Å². The van der Waals surface area contributed by atoms with Crippen molar-refractivity contribution in [2.24, 2.45) is 0 Å². The molecule has 2 aromatic heterocycles. The summed E-state index contributed by atoms with van der Waals surface area (Å²) in [5, 5.41) is 5.86. The fourth-order valence-corrected chi connectivity index (χ4v) is 3.97. The molecule has 0 spiro atoms. The summed E-state index contributed by atoms with van der Waals surface area (Å²) >= 11 is 0. The number of ether oxygens (including phenoxy) is 2. The Morgan fingerprint density at radius 2 is 1.38 bits per heavy atom. The van der Waals surface area contributed by atoms with Gasteiger partial charge in [0.15, 0.2) is 0 Å². The minimum atomic E-state index is -0.207. The molecule has 2 fully saturated rings. The van der Waals surface area contributed by atoms with Gasteiger partial charge in [-0.2, -0.15) is 0 Å². The highest BCUT2D eigenvalue weighted by Gasteiger charge is 2.19. The summed E-state index contributed by atoms with van der Waals surface area (Å²) in [6.07, 6.45) is 3.96. The number of aromatic nitrogens is 2. The number of nitrogens with zero attached hydrogens (tertiary/aromatic N) is 4. The van der Waals surface area contributed by atoms with Crippen LogP contribution in [0.25, 0.3) is 0 Å². The van der Waals surface area contributed by atoms with Crippen LogP contribution in [0.1, 0.15) is 25.0 Å². The van der Waals surface area contributed by atoms with E-state index in [2.05, 4.69) is 44.2 Å². The van der Waals surface area contributed by atoms with Gasteiger partial charge < -0.3 is 29.9 Å². The lowest BCUT2D eigenvalue weighted by atomic mass is 10.2. The molecule has 2 amide bonds. The number of amides is 2. The zero-order valence-corrected chi connectivity index (χ0v) is 18.8. The highest BCUT2D eigenvalue weighted by Crippen LogP contribution is 2.17. The second-order valence-corrected chi connectivity index (χ2v) is 8.34. The van der Waals surface area contributed by atoms with Gasteiger partial charge >= 0.3 is 6.03 Å². The fraction of sp³-hybridized carbons (Fsp3) is 0.522. The van der Waals surface area contributed by atoms with Gasteiger partial charge in [-0.25, -0.2) is 14.8 Å². The molecule has 9 nitrogen and oxygen atoms in total. The van der Waals surface area contributed by atoms with Crippen LogP contribution in [-0.4, -0.2) is 67.6 Å². The molecule has 2 unspecified atom stereocenters. The van der Waals surface area contributed by atoms with E-state index >= 15 is 0 Å². The minimum absolute atomic E-state index is 0.193. The van der Waals surface area contributed by atoms with Gasteiger partial charge in [0.1, 0.15) is 11.6 Å². The van der Waals surface area contributed by atoms with E-state index in [1.165, 1.54) is 0 Å². The molecule has 2 aliphatic heterocycles. The van der Waals surface area contributed by atoms with Crippen LogP contribution in [0.5, 0.6) is 0 Å². The van der Waals surface area contributed by atoms with Gasteiger partial charge in [-0.3, -0.25) is 0 Å². The number of morpholine rings is 2. The molecule has 0 bridgehead atoms. The lowest BCUT2D eigenvalue weighted by molar-refractivity contribution is 0.0527. The van der Waals surface area contributed by atoms with Crippen LogP contribution >= 0.6 is 0 Å². The second-order valence-electron chi connectivity index (χ2n) is 8.34. The van der Waals surface area contributed by atoms with Gasteiger partial charge in [-0.15, -0.1) is 0 Å². The van der Waals surface area contributed by atoms with Crippen molar-refractivity contribution in [2.45, 2.75) is 39.1 Å². The monoisotopic (exact) mass is 440 g/mol. The Labute approximate surface area is 189 Å². The molecule has 4 rings (SSSR count). The SMILES string of the molecule is CC1CN(c2cc(CNC(=O)NCc3ccnc(N4CCOC(C)C4)c3)ccn2)CCO1. The van der Waals surface area contributed by atoms with Crippen molar-refractivity contribution in [2.75, 3.05) is 49.2 Å². The van der Waals surface area contributed by atoms with Crippen LogP contribution in [0.4, 0.5) is 16.4 Å². The highest BCUT2D eigenvalue weighted by molar-refractivity contribution is 5.73. The molecule has 172 valence electrons. The maximum Gasteiger partial charge on any atom is 0.315 e.